The number of hydrogen-bond acceptors (Lipinski definition) is 2. The maximum Gasteiger partial charge on any atom is 0.203 e. The predicted octanol–water partition coefficient (Wildman–Crippen LogP) is 4.01. The molecule has 1 saturated carbocycles. The smallest absolute Gasteiger partial charge is 0.203 e. The van der Waals surface area contributed by atoms with Crippen LogP contribution >= 0.6 is 0 Å². The highest BCUT2D eigenvalue weighted by Crippen LogP contribution is 2.31. The summed E-state index contributed by atoms with van der Waals surface area (Å²) in [6.07, 6.45) is 11.0. The average Bonchev–Trinajstić information content (AvgIpc) is 2.74. The summed E-state index contributed by atoms with van der Waals surface area (Å²) in [5.41, 5.74) is 1.09. The molecule has 1 heterocycles. The third-order valence-electron chi connectivity index (χ3n) is 4.12. The Morgan fingerprint density at radius 1 is 1.53 bits per heavy atom. The van der Waals surface area contributed by atoms with Gasteiger partial charge in [0.15, 0.2) is 0 Å². The second-order valence-electron chi connectivity index (χ2n) is 6.00. The van der Waals surface area contributed by atoms with Crippen LogP contribution in [0.1, 0.15) is 44.7 Å². The van der Waals surface area contributed by atoms with E-state index in [0.29, 0.717) is 0 Å². The number of aromatic nitrogens is 2. The van der Waals surface area contributed by atoms with E-state index < -0.39 is 0 Å². The van der Waals surface area contributed by atoms with Gasteiger partial charge in [0, 0.05) is 19.3 Å². The number of nitrogens with one attached hydrogen (secondary N) is 1. The van der Waals surface area contributed by atoms with E-state index in [2.05, 4.69) is 41.5 Å². The van der Waals surface area contributed by atoms with E-state index in [9.17, 15) is 0 Å². The topological polar surface area (TPSA) is 29.9 Å². The molecule has 3 nitrogen and oxygen atoms in total. The van der Waals surface area contributed by atoms with Crippen molar-refractivity contribution in [3.05, 3.63) is 24.5 Å². The molecular weight excluding hydrogens is 234 g/mol. The van der Waals surface area contributed by atoms with Gasteiger partial charge >= 0.3 is 0 Å². The van der Waals surface area contributed by atoms with E-state index in [1.807, 2.05) is 6.08 Å². The molecule has 1 aromatic heterocycles. The van der Waals surface area contributed by atoms with Gasteiger partial charge in [0.25, 0.3) is 0 Å². The molecule has 106 valence electrons. The summed E-state index contributed by atoms with van der Waals surface area (Å²) in [5.74, 6) is 2.81. The molecule has 1 fully saturated rings. The van der Waals surface area contributed by atoms with Gasteiger partial charge in [-0.25, -0.2) is 4.98 Å². The SMILES string of the molecule is C=CCNc1nc(C)cn1CCC1CCCC(C)C1. The fraction of sp³-hybridized carbons (Fsp3) is 0.688. The second kappa shape index (κ2) is 6.78. The first-order valence-electron chi connectivity index (χ1n) is 7.57. The highest BCUT2D eigenvalue weighted by atomic mass is 15.2. The molecule has 2 unspecified atom stereocenters. The van der Waals surface area contributed by atoms with Crippen LogP contribution in [0.15, 0.2) is 18.9 Å². The monoisotopic (exact) mass is 261 g/mol. The van der Waals surface area contributed by atoms with Crippen molar-refractivity contribution in [3.8, 4) is 0 Å². The molecule has 2 atom stereocenters. The number of imidazole rings is 1. The Morgan fingerprint density at radius 3 is 3.11 bits per heavy atom. The lowest BCUT2D eigenvalue weighted by Crippen LogP contribution is -2.16. The Kier molecular flexibility index (Phi) is 5.06. The molecule has 0 radical (unpaired) electrons. The first kappa shape index (κ1) is 14.2. The Hall–Kier alpha value is -1.25. The van der Waals surface area contributed by atoms with E-state index in [0.717, 1.165) is 36.6 Å². The maximum absolute atomic E-state index is 4.53. The summed E-state index contributed by atoms with van der Waals surface area (Å²) in [6.45, 7) is 10.0. The van der Waals surface area contributed by atoms with Crippen molar-refractivity contribution in [1.82, 2.24) is 9.55 Å². The van der Waals surface area contributed by atoms with Crippen LogP contribution in [0.3, 0.4) is 0 Å². The number of anilines is 1. The zero-order valence-corrected chi connectivity index (χ0v) is 12.4. The van der Waals surface area contributed by atoms with E-state index in [1.165, 1.54) is 32.1 Å². The highest BCUT2D eigenvalue weighted by molar-refractivity contribution is 5.29. The highest BCUT2D eigenvalue weighted by Gasteiger charge is 2.19. The molecule has 0 spiro atoms. The van der Waals surface area contributed by atoms with Crippen molar-refractivity contribution in [3.63, 3.8) is 0 Å². The van der Waals surface area contributed by atoms with Crippen LogP contribution < -0.4 is 5.32 Å². The van der Waals surface area contributed by atoms with E-state index >= 15 is 0 Å². The lowest BCUT2D eigenvalue weighted by molar-refractivity contribution is 0.261. The third kappa shape index (κ3) is 4.12. The standard InChI is InChI=1S/C16H27N3/c1-4-9-17-16-18-14(3)12-19(16)10-8-15-7-5-6-13(2)11-15/h4,12-13,15H,1,5-11H2,2-3H3,(H,17,18). The molecule has 1 aliphatic carbocycles. The fourth-order valence-corrected chi connectivity index (χ4v) is 3.17. The lowest BCUT2D eigenvalue weighted by atomic mass is 9.81. The summed E-state index contributed by atoms with van der Waals surface area (Å²) >= 11 is 0. The molecule has 0 bridgehead atoms. The van der Waals surface area contributed by atoms with Gasteiger partial charge in [-0.05, 0) is 31.6 Å². The van der Waals surface area contributed by atoms with Crippen LogP contribution in [0.25, 0.3) is 0 Å². The molecule has 0 aliphatic heterocycles. The van der Waals surface area contributed by atoms with Crippen molar-refractivity contribution in [2.45, 2.75) is 52.5 Å². The summed E-state index contributed by atoms with van der Waals surface area (Å²) in [6, 6.07) is 0. The third-order valence-corrected chi connectivity index (χ3v) is 4.12. The summed E-state index contributed by atoms with van der Waals surface area (Å²) in [4.78, 5) is 4.53. The summed E-state index contributed by atoms with van der Waals surface area (Å²) in [7, 11) is 0. The lowest BCUT2D eigenvalue weighted by Gasteiger charge is -2.26. The van der Waals surface area contributed by atoms with Gasteiger partial charge in [-0.1, -0.05) is 32.3 Å². The van der Waals surface area contributed by atoms with Crippen LogP contribution in [0, 0.1) is 18.8 Å². The molecule has 2 rings (SSSR count). The molecule has 1 aromatic rings. The van der Waals surface area contributed by atoms with Gasteiger partial charge in [-0.15, -0.1) is 6.58 Å². The van der Waals surface area contributed by atoms with Crippen LogP contribution in [0.2, 0.25) is 0 Å². The first-order valence-corrected chi connectivity index (χ1v) is 7.57. The zero-order chi connectivity index (χ0) is 13.7. The Bertz CT molecular complexity index is 408. The van der Waals surface area contributed by atoms with E-state index in [4.69, 9.17) is 0 Å². The summed E-state index contributed by atoms with van der Waals surface area (Å²) in [5, 5.41) is 3.31. The van der Waals surface area contributed by atoms with Gasteiger partial charge in [-0.3, -0.25) is 0 Å². The van der Waals surface area contributed by atoms with E-state index in [1.54, 1.807) is 0 Å². The van der Waals surface area contributed by atoms with Crippen molar-refractivity contribution in [2.24, 2.45) is 11.8 Å². The molecule has 1 aliphatic rings. The second-order valence-corrected chi connectivity index (χ2v) is 6.00. The minimum atomic E-state index is 0.775. The molecule has 1 N–H and O–H groups in total. The van der Waals surface area contributed by atoms with Gasteiger partial charge in [0.05, 0.1) is 5.69 Å². The van der Waals surface area contributed by atoms with Crippen molar-refractivity contribution in [2.75, 3.05) is 11.9 Å². The Morgan fingerprint density at radius 2 is 2.37 bits per heavy atom. The molecule has 0 aromatic carbocycles. The zero-order valence-electron chi connectivity index (χ0n) is 12.4. The van der Waals surface area contributed by atoms with E-state index in [-0.39, 0.29) is 0 Å². The largest absolute Gasteiger partial charge is 0.352 e. The maximum atomic E-state index is 4.53. The van der Waals surface area contributed by atoms with Crippen LogP contribution in [-0.4, -0.2) is 16.1 Å². The molecule has 3 heteroatoms. The molecular formula is C16H27N3. The number of hydrogen-bond donors (Lipinski definition) is 1. The van der Waals surface area contributed by atoms with Gasteiger partial charge in [-0.2, -0.15) is 0 Å². The average molecular weight is 261 g/mol. The first-order chi connectivity index (χ1) is 9.19. The minimum Gasteiger partial charge on any atom is -0.352 e. The Labute approximate surface area is 117 Å². The normalized spacial score (nSPS) is 23.3. The molecule has 0 saturated heterocycles. The van der Waals surface area contributed by atoms with Crippen molar-refractivity contribution < 1.29 is 0 Å². The predicted molar refractivity (Wildman–Crippen MR) is 81.4 cm³/mol. The summed E-state index contributed by atoms with van der Waals surface area (Å²) < 4.78 is 2.26. The van der Waals surface area contributed by atoms with Crippen molar-refractivity contribution in [1.29, 1.82) is 0 Å². The number of nitrogens with zero attached hydrogens (tertiary/aromatic N) is 2. The number of aryl methyl sites for hydroxylation is 2. The van der Waals surface area contributed by atoms with Crippen LogP contribution in [0.4, 0.5) is 5.95 Å². The molecule has 0 amide bonds. The van der Waals surface area contributed by atoms with Crippen LogP contribution in [0.5, 0.6) is 0 Å². The van der Waals surface area contributed by atoms with Gasteiger partial charge in [0.1, 0.15) is 0 Å². The Balaban J connectivity index is 1.89. The molecule has 19 heavy (non-hydrogen) atoms. The number of rotatable bonds is 6. The van der Waals surface area contributed by atoms with Gasteiger partial charge < -0.3 is 9.88 Å². The van der Waals surface area contributed by atoms with Crippen LogP contribution in [-0.2, 0) is 6.54 Å². The van der Waals surface area contributed by atoms with Gasteiger partial charge in [0.2, 0.25) is 5.95 Å². The minimum absolute atomic E-state index is 0.775. The van der Waals surface area contributed by atoms with Crippen molar-refractivity contribution >= 4 is 5.95 Å². The fourth-order valence-electron chi connectivity index (χ4n) is 3.17. The quantitative estimate of drug-likeness (QED) is 0.784.